The van der Waals surface area contributed by atoms with Gasteiger partial charge in [0.2, 0.25) is 0 Å². The molecule has 4 rings (SSSR count). The maximum absolute atomic E-state index is 9.10. The fraction of sp³-hybridized carbons (Fsp3) is 0.188. The number of benzene rings is 4. The van der Waals surface area contributed by atoms with Gasteiger partial charge < -0.3 is 19.7 Å². The molecule has 4 aromatic carbocycles. The Hall–Kier alpha value is -4.62. The molecule has 202 valence electrons. The Balaban J connectivity index is 0.000000631. The molecule has 0 aliphatic carbocycles. The van der Waals surface area contributed by atoms with E-state index in [4.69, 9.17) is 29.3 Å². The summed E-state index contributed by atoms with van der Waals surface area (Å²) < 4.78 is 11.7. The van der Waals surface area contributed by atoms with Gasteiger partial charge in [0.25, 0.3) is 0 Å². The van der Waals surface area contributed by atoms with Gasteiger partial charge >= 0.3 is 11.9 Å². The molecule has 0 saturated carbocycles. The lowest BCUT2D eigenvalue weighted by Gasteiger charge is -2.23. The third kappa shape index (κ3) is 10.3. The van der Waals surface area contributed by atoms with Gasteiger partial charge in [0, 0.05) is 19.6 Å². The van der Waals surface area contributed by atoms with Gasteiger partial charge in [0.1, 0.15) is 6.61 Å². The fourth-order valence-corrected chi connectivity index (χ4v) is 3.91. The molecular weight excluding hydrogens is 494 g/mol. The van der Waals surface area contributed by atoms with Crippen molar-refractivity contribution in [2.45, 2.75) is 26.1 Å². The first-order chi connectivity index (χ1) is 18.9. The number of carboxylic acid groups (broad SMARTS) is 2. The molecule has 7 heteroatoms. The molecule has 0 amide bonds. The highest BCUT2D eigenvalue weighted by atomic mass is 16.5. The van der Waals surface area contributed by atoms with Crippen LogP contribution in [0, 0.1) is 0 Å². The Labute approximate surface area is 228 Å². The zero-order chi connectivity index (χ0) is 27.9. The molecule has 39 heavy (non-hydrogen) atoms. The van der Waals surface area contributed by atoms with Crippen LogP contribution in [-0.4, -0.2) is 40.7 Å². The first kappa shape index (κ1) is 28.9. The lowest BCUT2D eigenvalue weighted by Crippen LogP contribution is -2.25. The Morgan fingerprint density at radius 2 is 1.15 bits per heavy atom. The van der Waals surface area contributed by atoms with Crippen molar-refractivity contribution in [3.63, 3.8) is 0 Å². The second-order valence-electron chi connectivity index (χ2n) is 8.80. The van der Waals surface area contributed by atoms with Gasteiger partial charge in [-0.25, -0.2) is 9.59 Å². The zero-order valence-electron chi connectivity index (χ0n) is 21.9. The van der Waals surface area contributed by atoms with Gasteiger partial charge in [-0.05, 0) is 40.8 Å². The number of carbonyl (C=O) groups is 2. The first-order valence-corrected chi connectivity index (χ1v) is 12.5. The van der Waals surface area contributed by atoms with Crippen LogP contribution in [0.4, 0.5) is 0 Å². The molecule has 0 fully saturated rings. The van der Waals surface area contributed by atoms with E-state index in [2.05, 4.69) is 89.8 Å². The topological polar surface area (TPSA) is 96.3 Å². The van der Waals surface area contributed by atoms with E-state index >= 15 is 0 Å². The summed E-state index contributed by atoms with van der Waals surface area (Å²) in [6.45, 7) is 3.25. The number of rotatable bonds is 11. The summed E-state index contributed by atoms with van der Waals surface area (Å²) in [5.41, 5.74) is 5.03. The predicted molar refractivity (Wildman–Crippen MR) is 150 cm³/mol. The van der Waals surface area contributed by atoms with Crippen LogP contribution in [-0.2, 0) is 35.7 Å². The van der Waals surface area contributed by atoms with Crippen molar-refractivity contribution in [3.05, 3.63) is 131 Å². The molecule has 0 aromatic heterocycles. The van der Waals surface area contributed by atoms with E-state index in [0.29, 0.717) is 6.61 Å². The van der Waals surface area contributed by atoms with E-state index in [-0.39, 0.29) is 0 Å². The third-order valence-electron chi connectivity index (χ3n) is 5.86. The van der Waals surface area contributed by atoms with Crippen LogP contribution < -0.4 is 9.47 Å². The van der Waals surface area contributed by atoms with Gasteiger partial charge in [-0.3, -0.25) is 4.90 Å². The summed E-state index contributed by atoms with van der Waals surface area (Å²) in [6, 6.07) is 37.8. The molecule has 0 atom stereocenters. The molecule has 0 aliphatic rings. The van der Waals surface area contributed by atoms with E-state index in [0.717, 1.165) is 43.1 Å². The monoisotopic (exact) mass is 527 g/mol. The molecular formula is C32H33NO6. The molecule has 0 spiro atoms. The minimum atomic E-state index is -1.82. The van der Waals surface area contributed by atoms with Crippen LogP contribution in [0.2, 0.25) is 0 Å². The lowest BCUT2D eigenvalue weighted by molar-refractivity contribution is -0.159. The van der Waals surface area contributed by atoms with Crippen LogP contribution in [0.1, 0.15) is 22.3 Å². The molecule has 0 unspecified atom stereocenters. The van der Waals surface area contributed by atoms with E-state index < -0.39 is 11.9 Å². The Morgan fingerprint density at radius 3 is 1.69 bits per heavy atom. The average Bonchev–Trinajstić information content (AvgIpc) is 2.97. The summed E-state index contributed by atoms with van der Waals surface area (Å²) in [4.78, 5) is 20.7. The lowest BCUT2D eigenvalue weighted by atomic mass is 10.1. The summed E-state index contributed by atoms with van der Waals surface area (Å²) in [6.07, 6.45) is 1.02. The highest BCUT2D eigenvalue weighted by Gasteiger charge is 2.11. The maximum Gasteiger partial charge on any atom is 0.414 e. The van der Waals surface area contributed by atoms with Crippen molar-refractivity contribution in [2.75, 3.05) is 13.7 Å². The number of hydrogen-bond donors (Lipinski definition) is 2. The molecule has 0 bridgehead atoms. The second kappa shape index (κ2) is 15.6. The van der Waals surface area contributed by atoms with E-state index in [1.807, 2.05) is 24.3 Å². The maximum atomic E-state index is 9.10. The van der Waals surface area contributed by atoms with Crippen LogP contribution in [0.3, 0.4) is 0 Å². The summed E-state index contributed by atoms with van der Waals surface area (Å²) in [5, 5.41) is 14.8. The van der Waals surface area contributed by atoms with Gasteiger partial charge in [-0.1, -0.05) is 97.1 Å². The minimum Gasteiger partial charge on any atom is -0.493 e. The molecule has 2 N–H and O–H groups in total. The molecule has 4 aromatic rings. The number of aliphatic carboxylic acids is 2. The van der Waals surface area contributed by atoms with Crippen molar-refractivity contribution in [3.8, 4) is 11.5 Å². The fourth-order valence-electron chi connectivity index (χ4n) is 3.91. The SMILES string of the molecule is COc1cc(CN(CCc2ccccc2)Cc2ccccc2)ccc1OCc1ccccc1.O=C(O)C(=O)O. The highest BCUT2D eigenvalue weighted by molar-refractivity contribution is 6.27. The van der Waals surface area contributed by atoms with Gasteiger partial charge in [0.15, 0.2) is 11.5 Å². The molecule has 0 radical (unpaired) electrons. The van der Waals surface area contributed by atoms with Crippen LogP contribution in [0.25, 0.3) is 0 Å². The molecule has 0 aliphatic heterocycles. The van der Waals surface area contributed by atoms with Gasteiger partial charge in [-0.2, -0.15) is 0 Å². The minimum absolute atomic E-state index is 0.522. The van der Waals surface area contributed by atoms with Crippen molar-refractivity contribution >= 4 is 11.9 Å². The second-order valence-corrected chi connectivity index (χ2v) is 8.80. The Kier molecular flexibility index (Phi) is 11.6. The van der Waals surface area contributed by atoms with Gasteiger partial charge in [0.05, 0.1) is 7.11 Å². The zero-order valence-corrected chi connectivity index (χ0v) is 21.9. The largest absolute Gasteiger partial charge is 0.493 e. The third-order valence-corrected chi connectivity index (χ3v) is 5.86. The van der Waals surface area contributed by atoms with Crippen molar-refractivity contribution in [1.29, 1.82) is 0 Å². The number of hydrogen-bond acceptors (Lipinski definition) is 5. The number of carboxylic acids is 2. The standard InChI is InChI=1S/C30H31NO2.C2H2O4/c1-32-30-21-28(17-18-29(30)33-24-27-15-9-4-10-16-27)23-31(22-26-13-7-3-8-14-26)20-19-25-11-5-2-6-12-25;3-1(4)2(5)6/h2-18,21H,19-20,22-24H2,1H3;(H,3,4)(H,5,6). The van der Waals surface area contributed by atoms with Crippen LogP contribution in [0.15, 0.2) is 109 Å². The van der Waals surface area contributed by atoms with Crippen LogP contribution in [0.5, 0.6) is 11.5 Å². The van der Waals surface area contributed by atoms with Crippen molar-refractivity contribution in [1.82, 2.24) is 4.90 Å². The molecule has 7 nitrogen and oxygen atoms in total. The smallest absolute Gasteiger partial charge is 0.414 e. The summed E-state index contributed by atoms with van der Waals surface area (Å²) in [5.74, 6) is -2.11. The summed E-state index contributed by atoms with van der Waals surface area (Å²) in [7, 11) is 1.70. The quantitative estimate of drug-likeness (QED) is 0.243. The first-order valence-electron chi connectivity index (χ1n) is 12.5. The van der Waals surface area contributed by atoms with E-state index in [1.54, 1.807) is 7.11 Å². The predicted octanol–water partition coefficient (Wildman–Crippen LogP) is 5.67. The number of nitrogens with zero attached hydrogens (tertiary/aromatic N) is 1. The van der Waals surface area contributed by atoms with E-state index in [9.17, 15) is 0 Å². The average molecular weight is 528 g/mol. The number of ether oxygens (including phenoxy) is 2. The molecule has 0 saturated heterocycles. The Bertz CT molecular complexity index is 1280. The van der Waals surface area contributed by atoms with Crippen molar-refractivity contribution in [2.24, 2.45) is 0 Å². The Morgan fingerprint density at radius 1 is 0.641 bits per heavy atom. The normalized spacial score (nSPS) is 10.3. The van der Waals surface area contributed by atoms with E-state index in [1.165, 1.54) is 16.7 Å². The summed E-state index contributed by atoms with van der Waals surface area (Å²) >= 11 is 0. The molecule has 0 heterocycles. The highest BCUT2D eigenvalue weighted by Crippen LogP contribution is 2.29. The number of methoxy groups -OCH3 is 1. The van der Waals surface area contributed by atoms with Crippen molar-refractivity contribution < 1.29 is 29.3 Å². The van der Waals surface area contributed by atoms with Crippen LogP contribution >= 0.6 is 0 Å². The van der Waals surface area contributed by atoms with Gasteiger partial charge in [-0.15, -0.1) is 0 Å².